The number of unbranched alkanes of at least 4 members (excludes halogenated alkanes) is 19. The van der Waals surface area contributed by atoms with Crippen molar-refractivity contribution in [1.29, 1.82) is 0 Å². The fraction of sp³-hybridized carbons (Fsp3) is 0.882. The Hall–Kier alpha value is -1.29. The number of rotatable bonds is 34. The highest BCUT2D eigenvalue weighted by molar-refractivity contribution is 7.47. The maximum absolute atomic E-state index is 12.5. The third-order valence-electron chi connectivity index (χ3n) is 7.57. The Bertz CT molecular complexity index is 763. The van der Waals surface area contributed by atoms with Gasteiger partial charge in [0.25, 0.3) is 0 Å². The van der Waals surface area contributed by atoms with Gasteiger partial charge in [0.2, 0.25) is 0 Å². The zero-order valence-corrected chi connectivity index (χ0v) is 29.1. The van der Waals surface area contributed by atoms with E-state index in [0.29, 0.717) is 12.8 Å². The van der Waals surface area contributed by atoms with Crippen LogP contribution in [0.3, 0.4) is 0 Å². The lowest BCUT2D eigenvalue weighted by atomic mass is 10.0. The molecule has 3 atom stereocenters. The third kappa shape index (κ3) is 31.1. The smallest absolute Gasteiger partial charge is 0.462 e. The first-order valence-corrected chi connectivity index (χ1v) is 19.1. The molecule has 0 amide bonds. The SMILES string of the molecule is C=CCCCCCCCCCCCCCCCC(=O)O[C@H](COC(=O)CCCCCCCCC)COP(=O)(O)OC[C@@H](O)CO. The molecule has 0 rings (SSSR count). The van der Waals surface area contributed by atoms with Crippen LogP contribution in [-0.4, -0.2) is 65.7 Å². The van der Waals surface area contributed by atoms with Gasteiger partial charge in [0.15, 0.2) is 6.10 Å². The highest BCUT2D eigenvalue weighted by atomic mass is 31.2. The standard InChI is InChI=1S/C34H65O10P/c1-3-5-7-9-11-12-13-14-15-16-17-18-20-22-24-26-34(38)44-32(30-43-45(39,40)42-28-31(36)27-35)29-41-33(37)25-23-21-19-10-8-6-4-2/h3,31-32,35-36H,1,4-30H2,2H3,(H,39,40)/t31-,32+/m0/s1. The predicted octanol–water partition coefficient (Wildman–Crippen LogP) is 8.11. The van der Waals surface area contributed by atoms with Crippen molar-refractivity contribution in [3.63, 3.8) is 0 Å². The molecular formula is C34H65O10P. The molecule has 0 radical (unpaired) electrons. The number of aliphatic hydroxyl groups excluding tert-OH is 2. The lowest BCUT2D eigenvalue weighted by molar-refractivity contribution is -0.161. The summed E-state index contributed by atoms with van der Waals surface area (Å²) in [6, 6.07) is 0. The number of allylic oxidation sites excluding steroid dienone is 1. The summed E-state index contributed by atoms with van der Waals surface area (Å²) in [5.74, 6) is -0.932. The number of carbonyl (C=O) groups is 2. The molecule has 0 fully saturated rings. The van der Waals surface area contributed by atoms with Crippen molar-refractivity contribution in [1.82, 2.24) is 0 Å². The fourth-order valence-corrected chi connectivity index (χ4v) is 5.59. The van der Waals surface area contributed by atoms with E-state index in [1.807, 2.05) is 6.08 Å². The molecule has 11 heteroatoms. The Balaban J connectivity index is 4.31. The van der Waals surface area contributed by atoms with E-state index in [0.717, 1.165) is 44.9 Å². The number of ether oxygens (including phenoxy) is 2. The number of phosphoric acid groups is 1. The Morgan fingerprint density at radius 1 is 0.689 bits per heavy atom. The summed E-state index contributed by atoms with van der Waals surface area (Å²) in [5.41, 5.74) is 0. The monoisotopic (exact) mass is 664 g/mol. The Morgan fingerprint density at radius 3 is 1.62 bits per heavy atom. The van der Waals surface area contributed by atoms with Crippen LogP contribution in [0.4, 0.5) is 0 Å². The quantitative estimate of drug-likeness (QED) is 0.0267. The van der Waals surface area contributed by atoms with E-state index in [2.05, 4.69) is 18.0 Å². The molecule has 0 aliphatic heterocycles. The van der Waals surface area contributed by atoms with Crippen LogP contribution in [0.25, 0.3) is 0 Å². The average molecular weight is 665 g/mol. The summed E-state index contributed by atoms with van der Waals surface area (Å²) < 4.78 is 32.4. The number of esters is 2. The average Bonchev–Trinajstić information content (AvgIpc) is 3.02. The fourth-order valence-electron chi connectivity index (χ4n) is 4.80. The first-order chi connectivity index (χ1) is 21.7. The van der Waals surface area contributed by atoms with Crippen LogP contribution in [0.15, 0.2) is 12.7 Å². The molecule has 0 aromatic carbocycles. The van der Waals surface area contributed by atoms with Gasteiger partial charge in [-0.2, -0.15) is 0 Å². The second-order valence-electron chi connectivity index (χ2n) is 12.0. The minimum atomic E-state index is -4.60. The zero-order valence-electron chi connectivity index (χ0n) is 28.2. The highest BCUT2D eigenvalue weighted by Gasteiger charge is 2.27. The Kier molecular flexibility index (Phi) is 30.4. The van der Waals surface area contributed by atoms with E-state index in [-0.39, 0.29) is 19.4 Å². The minimum absolute atomic E-state index is 0.186. The Morgan fingerprint density at radius 2 is 1.13 bits per heavy atom. The molecule has 3 N–H and O–H groups in total. The van der Waals surface area contributed by atoms with E-state index < -0.39 is 51.8 Å². The molecule has 0 heterocycles. The first-order valence-electron chi connectivity index (χ1n) is 17.6. The minimum Gasteiger partial charge on any atom is -0.462 e. The molecular weight excluding hydrogens is 599 g/mol. The second-order valence-corrected chi connectivity index (χ2v) is 13.4. The molecule has 266 valence electrons. The normalized spacial score (nSPS) is 14.0. The summed E-state index contributed by atoms with van der Waals surface area (Å²) in [7, 11) is -4.60. The molecule has 0 saturated carbocycles. The van der Waals surface area contributed by atoms with Crippen LogP contribution < -0.4 is 0 Å². The summed E-state index contributed by atoms with van der Waals surface area (Å²) in [4.78, 5) is 34.6. The molecule has 1 unspecified atom stereocenters. The Labute approximate surface area is 273 Å². The van der Waals surface area contributed by atoms with Gasteiger partial charge in [-0.15, -0.1) is 6.58 Å². The molecule has 10 nitrogen and oxygen atoms in total. The van der Waals surface area contributed by atoms with Crippen molar-refractivity contribution in [2.24, 2.45) is 0 Å². The van der Waals surface area contributed by atoms with Gasteiger partial charge in [-0.3, -0.25) is 18.6 Å². The predicted molar refractivity (Wildman–Crippen MR) is 178 cm³/mol. The molecule has 0 aliphatic rings. The molecule has 0 spiro atoms. The maximum atomic E-state index is 12.5. The van der Waals surface area contributed by atoms with Crippen LogP contribution in [-0.2, 0) is 32.7 Å². The topological polar surface area (TPSA) is 149 Å². The van der Waals surface area contributed by atoms with Gasteiger partial charge >= 0.3 is 19.8 Å². The van der Waals surface area contributed by atoms with E-state index in [9.17, 15) is 24.2 Å². The van der Waals surface area contributed by atoms with Crippen molar-refractivity contribution in [2.45, 2.75) is 167 Å². The first kappa shape index (κ1) is 43.7. The lowest BCUT2D eigenvalue weighted by Crippen LogP contribution is -2.29. The molecule has 45 heavy (non-hydrogen) atoms. The van der Waals surface area contributed by atoms with Crippen molar-refractivity contribution in [2.75, 3.05) is 26.4 Å². The highest BCUT2D eigenvalue weighted by Crippen LogP contribution is 2.43. The van der Waals surface area contributed by atoms with Gasteiger partial charge in [-0.25, -0.2) is 4.57 Å². The van der Waals surface area contributed by atoms with Crippen LogP contribution in [0.5, 0.6) is 0 Å². The van der Waals surface area contributed by atoms with Crippen molar-refractivity contribution >= 4 is 19.8 Å². The molecule has 0 saturated heterocycles. The van der Waals surface area contributed by atoms with Crippen molar-refractivity contribution in [3.05, 3.63) is 12.7 Å². The van der Waals surface area contributed by atoms with Gasteiger partial charge in [0.05, 0.1) is 19.8 Å². The van der Waals surface area contributed by atoms with Gasteiger partial charge in [-0.1, -0.05) is 122 Å². The van der Waals surface area contributed by atoms with E-state index >= 15 is 0 Å². The van der Waals surface area contributed by atoms with Gasteiger partial charge in [0.1, 0.15) is 12.7 Å². The van der Waals surface area contributed by atoms with Crippen molar-refractivity contribution in [3.8, 4) is 0 Å². The van der Waals surface area contributed by atoms with Gasteiger partial charge < -0.3 is 24.6 Å². The van der Waals surface area contributed by atoms with Crippen LogP contribution in [0.1, 0.15) is 155 Å². The van der Waals surface area contributed by atoms with E-state index in [1.54, 1.807) is 0 Å². The number of aliphatic hydroxyl groups is 2. The van der Waals surface area contributed by atoms with Gasteiger partial charge in [-0.05, 0) is 25.7 Å². The largest absolute Gasteiger partial charge is 0.472 e. The number of phosphoric ester groups is 1. The van der Waals surface area contributed by atoms with Gasteiger partial charge in [0, 0.05) is 12.8 Å². The molecule has 0 aromatic rings. The lowest BCUT2D eigenvalue weighted by Gasteiger charge is -2.20. The second kappa shape index (κ2) is 31.3. The van der Waals surface area contributed by atoms with Crippen LogP contribution >= 0.6 is 7.82 Å². The number of carbonyl (C=O) groups excluding carboxylic acids is 2. The van der Waals surface area contributed by atoms with E-state index in [1.165, 1.54) is 77.0 Å². The van der Waals surface area contributed by atoms with Crippen LogP contribution in [0.2, 0.25) is 0 Å². The summed E-state index contributed by atoms with van der Waals surface area (Å²) in [5, 5.41) is 18.2. The number of hydrogen-bond acceptors (Lipinski definition) is 9. The summed E-state index contributed by atoms with van der Waals surface area (Å²) in [6.07, 6.45) is 23.9. The van der Waals surface area contributed by atoms with Crippen LogP contribution in [0, 0.1) is 0 Å². The number of hydrogen-bond donors (Lipinski definition) is 3. The van der Waals surface area contributed by atoms with E-state index in [4.69, 9.17) is 19.1 Å². The summed E-state index contributed by atoms with van der Waals surface area (Å²) in [6.45, 7) is 3.82. The maximum Gasteiger partial charge on any atom is 0.472 e. The molecule has 0 aromatic heterocycles. The van der Waals surface area contributed by atoms with Crippen molar-refractivity contribution < 1.29 is 47.8 Å². The molecule has 0 bridgehead atoms. The third-order valence-corrected chi connectivity index (χ3v) is 8.52. The molecule has 0 aliphatic carbocycles. The zero-order chi connectivity index (χ0) is 33.4. The summed E-state index contributed by atoms with van der Waals surface area (Å²) >= 11 is 0.